The lowest BCUT2D eigenvalue weighted by atomic mass is 9.92. The van der Waals surface area contributed by atoms with Gasteiger partial charge in [-0.25, -0.2) is 9.78 Å². The maximum absolute atomic E-state index is 12.1. The molecule has 1 aliphatic heterocycles. The molecule has 1 fully saturated rings. The van der Waals surface area contributed by atoms with Crippen LogP contribution in [0.4, 0.5) is 4.79 Å². The van der Waals surface area contributed by atoms with Crippen molar-refractivity contribution in [3.63, 3.8) is 0 Å². The number of amides is 1. The molecule has 5 nitrogen and oxygen atoms in total. The van der Waals surface area contributed by atoms with Crippen LogP contribution in [-0.4, -0.2) is 33.5 Å². The summed E-state index contributed by atoms with van der Waals surface area (Å²) in [5.41, 5.74) is 0.496. The van der Waals surface area contributed by atoms with Gasteiger partial charge in [0.1, 0.15) is 5.69 Å². The predicted octanol–water partition coefficient (Wildman–Crippen LogP) is 2.76. The van der Waals surface area contributed by atoms with Crippen molar-refractivity contribution in [3.05, 3.63) is 18.1 Å². The van der Waals surface area contributed by atoms with Crippen molar-refractivity contribution in [3.8, 4) is 5.88 Å². The molecule has 1 amide bonds. The second-order valence-electron chi connectivity index (χ2n) is 6.01. The molecule has 104 valence electrons. The van der Waals surface area contributed by atoms with E-state index in [4.69, 9.17) is 4.74 Å². The summed E-state index contributed by atoms with van der Waals surface area (Å²) in [6, 6.07) is 0.238. The lowest BCUT2D eigenvalue weighted by Gasteiger charge is -2.23. The molecule has 0 bridgehead atoms. The Bertz CT molecular complexity index is 468. The zero-order valence-corrected chi connectivity index (χ0v) is 12.0. The third-order valence-corrected chi connectivity index (χ3v) is 3.35. The Morgan fingerprint density at radius 1 is 1.37 bits per heavy atom. The number of ether oxygens (including phenoxy) is 1. The summed E-state index contributed by atoms with van der Waals surface area (Å²) in [6.45, 7) is 8.85. The largest absolute Gasteiger partial charge is 0.416 e. The number of rotatable bonds is 1. The predicted molar refractivity (Wildman–Crippen MR) is 72.2 cm³/mol. The monoisotopic (exact) mass is 263 g/mol. The number of nitrogens with zero attached hydrogens (tertiary/aromatic N) is 3. The van der Waals surface area contributed by atoms with Gasteiger partial charge in [-0.3, -0.25) is 4.98 Å². The van der Waals surface area contributed by atoms with Crippen LogP contribution < -0.4 is 4.74 Å². The molecule has 1 aliphatic rings. The minimum atomic E-state index is -0.323. The van der Waals surface area contributed by atoms with Gasteiger partial charge < -0.3 is 9.64 Å². The summed E-state index contributed by atoms with van der Waals surface area (Å²) in [7, 11) is 0. The van der Waals surface area contributed by atoms with Crippen molar-refractivity contribution in [1.82, 2.24) is 14.9 Å². The average molecular weight is 263 g/mol. The Labute approximate surface area is 114 Å². The van der Waals surface area contributed by atoms with E-state index in [1.54, 1.807) is 17.3 Å². The number of hydrogen-bond acceptors (Lipinski definition) is 4. The Balaban J connectivity index is 2.17. The number of carbonyl (C=O) groups excluding carboxylic acids is 1. The van der Waals surface area contributed by atoms with Crippen molar-refractivity contribution >= 4 is 6.09 Å². The highest BCUT2D eigenvalue weighted by atomic mass is 16.6. The van der Waals surface area contributed by atoms with Crippen LogP contribution in [0.1, 0.15) is 46.2 Å². The topological polar surface area (TPSA) is 55.3 Å². The van der Waals surface area contributed by atoms with Crippen LogP contribution in [0.25, 0.3) is 0 Å². The van der Waals surface area contributed by atoms with Gasteiger partial charge in [0.2, 0.25) is 5.88 Å². The van der Waals surface area contributed by atoms with Gasteiger partial charge in [0.05, 0.1) is 0 Å². The molecular weight excluding hydrogens is 242 g/mol. The van der Waals surface area contributed by atoms with Crippen LogP contribution in [0.15, 0.2) is 12.4 Å². The van der Waals surface area contributed by atoms with Gasteiger partial charge in [0.25, 0.3) is 0 Å². The second kappa shape index (κ2) is 5.15. The molecule has 2 heterocycles. The molecule has 1 atom stereocenters. The third-order valence-electron chi connectivity index (χ3n) is 3.35. The molecule has 1 aromatic rings. The minimum absolute atomic E-state index is 0.208. The molecule has 0 aromatic carbocycles. The first kappa shape index (κ1) is 13.8. The first-order valence-electron chi connectivity index (χ1n) is 6.69. The first-order valence-corrected chi connectivity index (χ1v) is 6.69. The third kappa shape index (κ3) is 3.03. The molecule has 1 saturated heterocycles. The Hall–Kier alpha value is -1.65. The summed E-state index contributed by atoms with van der Waals surface area (Å²) in [6.07, 6.45) is 4.91. The molecule has 19 heavy (non-hydrogen) atoms. The molecule has 0 spiro atoms. The average Bonchev–Trinajstić information content (AvgIpc) is 2.75. The smallest absolute Gasteiger partial charge is 0.389 e. The highest BCUT2D eigenvalue weighted by molar-refractivity contribution is 5.71. The second-order valence-corrected chi connectivity index (χ2v) is 6.01. The number of carbonyl (C=O) groups is 1. The molecule has 0 radical (unpaired) electrons. The maximum Gasteiger partial charge on any atom is 0.416 e. The SMILES string of the molecule is CC1CCCN1C(=O)Oc1nccnc1C(C)(C)C. The molecule has 2 rings (SSSR count). The van der Waals surface area contributed by atoms with E-state index in [1.165, 1.54) is 0 Å². The van der Waals surface area contributed by atoms with E-state index in [-0.39, 0.29) is 17.6 Å². The van der Waals surface area contributed by atoms with Crippen molar-refractivity contribution in [2.75, 3.05) is 6.54 Å². The molecule has 0 saturated carbocycles. The fourth-order valence-electron chi connectivity index (χ4n) is 2.26. The summed E-state index contributed by atoms with van der Waals surface area (Å²) < 4.78 is 5.44. The summed E-state index contributed by atoms with van der Waals surface area (Å²) >= 11 is 0. The summed E-state index contributed by atoms with van der Waals surface area (Å²) in [5.74, 6) is 0.319. The molecule has 0 aliphatic carbocycles. The van der Waals surface area contributed by atoms with Crippen LogP contribution in [0, 0.1) is 0 Å². The summed E-state index contributed by atoms with van der Waals surface area (Å²) in [5, 5.41) is 0. The number of aromatic nitrogens is 2. The van der Waals surface area contributed by atoms with Gasteiger partial charge in [-0.1, -0.05) is 20.8 Å². The van der Waals surface area contributed by atoms with E-state index in [2.05, 4.69) is 9.97 Å². The highest BCUT2D eigenvalue weighted by Crippen LogP contribution is 2.28. The summed E-state index contributed by atoms with van der Waals surface area (Å²) in [4.78, 5) is 22.3. The molecule has 5 heteroatoms. The van der Waals surface area contributed by atoms with Gasteiger partial charge >= 0.3 is 6.09 Å². The van der Waals surface area contributed by atoms with E-state index in [0.717, 1.165) is 19.4 Å². The highest BCUT2D eigenvalue weighted by Gasteiger charge is 2.29. The van der Waals surface area contributed by atoms with Crippen molar-refractivity contribution in [1.29, 1.82) is 0 Å². The van der Waals surface area contributed by atoms with Crippen LogP contribution >= 0.6 is 0 Å². The molecule has 1 aromatic heterocycles. The first-order chi connectivity index (χ1) is 8.89. The fraction of sp³-hybridized carbons (Fsp3) is 0.643. The number of hydrogen-bond donors (Lipinski definition) is 0. The van der Waals surface area contributed by atoms with Crippen molar-refractivity contribution in [2.24, 2.45) is 0 Å². The molecular formula is C14H21N3O2. The lowest BCUT2D eigenvalue weighted by Crippen LogP contribution is -2.36. The van der Waals surface area contributed by atoms with E-state index in [9.17, 15) is 4.79 Å². The standard InChI is InChI=1S/C14H21N3O2/c1-10-6-5-9-17(10)13(18)19-12-11(14(2,3)4)15-7-8-16-12/h7-8,10H,5-6,9H2,1-4H3. The molecule has 1 unspecified atom stereocenters. The van der Waals surface area contributed by atoms with Crippen LogP contribution in [-0.2, 0) is 5.41 Å². The zero-order chi connectivity index (χ0) is 14.0. The van der Waals surface area contributed by atoms with Gasteiger partial charge in [-0.15, -0.1) is 0 Å². The maximum atomic E-state index is 12.1. The van der Waals surface area contributed by atoms with E-state index in [1.807, 2.05) is 27.7 Å². The van der Waals surface area contributed by atoms with Gasteiger partial charge in [0, 0.05) is 30.4 Å². The van der Waals surface area contributed by atoms with E-state index >= 15 is 0 Å². The van der Waals surface area contributed by atoms with E-state index < -0.39 is 0 Å². The van der Waals surface area contributed by atoms with E-state index in [0.29, 0.717) is 11.6 Å². The Morgan fingerprint density at radius 3 is 2.63 bits per heavy atom. The van der Waals surface area contributed by atoms with Gasteiger partial charge in [-0.05, 0) is 19.8 Å². The minimum Gasteiger partial charge on any atom is -0.389 e. The molecule has 0 N–H and O–H groups in total. The normalized spacial score (nSPS) is 19.6. The number of likely N-dealkylation sites (tertiary alicyclic amines) is 1. The fourth-order valence-corrected chi connectivity index (χ4v) is 2.26. The Kier molecular flexibility index (Phi) is 3.73. The van der Waals surface area contributed by atoms with Crippen LogP contribution in [0.5, 0.6) is 5.88 Å². The quantitative estimate of drug-likeness (QED) is 0.781. The van der Waals surface area contributed by atoms with Gasteiger partial charge in [0.15, 0.2) is 0 Å². The lowest BCUT2D eigenvalue weighted by molar-refractivity contribution is 0.147. The van der Waals surface area contributed by atoms with Crippen LogP contribution in [0.2, 0.25) is 0 Å². The van der Waals surface area contributed by atoms with Crippen molar-refractivity contribution in [2.45, 2.75) is 52.0 Å². The zero-order valence-electron chi connectivity index (χ0n) is 12.0. The van der Waals surface area contributed by atoms with Gasteiger partial charge in [-0.2, -0.15) is 0 Å². The van der Waals surface area contributed by atoms with Crippen LogP contribution in [0.3, 0.4) is 0 Å². The Morgan fingerprint density at radius 2 is 2.05 bits per heavy atom. The van der Waals surface area contributed by atoms with Crippen molar-refractivity contribution < 1.29 is 9.53 Å².